The summed E-state index contributed by atoms with van der Waals surface area (Å²) in [6.45, 7) is 3.83. The summed E-state index contributed by atoms with van der Waals surface area (Å²) in [4.78, 5) is 20.5. The van der Waals surface area contributed by atoms with Crippen LogP contribution in [0.15, 0.2) is 47.3 Å². The largest absolute Gasteiger partial charge is 0.494 e. The second kappa shape index (κ2) is 5.44. The van der Waals surface area contributed by atoms with Gasteiger partial charge in [0.15, 0.2) is 5.76 Å². The highest BCUT2D eigenvalue weighted by Gasteiger charge is 2.38. The fraction of sp³-hybridized carbons (Fsp3) is 0.211. The van der Waals surface area contributed by atoms with Crippen molar-refractivity contribution in [3.05, 3.63) is 48.4 Å². The number of nitrogens with zero attached hydrogens (tertiary/aromatic N) is 2. The second-order valence-corrected chi connectivity index (χ2v) is 6.45. The first-order valence-electron chi connectivity index (χ1n) is 7.91. The lowest BCUT2D eigenvalue weighted by Gasteiger charge is -2.14. The van der Waals surface area contributed by atoms with Gasteiger partial charge in [0.05, 0.1) is 30.5 Å². The van der Waals surface area contributed by atoms with Crippen molar-refractivity contribution in [2.45, 2.75) is 19.3 Å². The molecule has 3 aromatic rings. The van der Waals surface area contributed by atoms with E-state index in [1.165, 1.54) is 0 Å². The van der Waals surface area contributed by atoms with Crippen LogP contribution in [0.3, 0.4) is 0 Å². The number of rotatable bonds is 3. The maximum Gasteiger partial charge on any atom is 0.234 e. The number of pyridine rings is 1. The summed E-state index contributed by atoms with van der Waals surface area (Å²) < 4.78 is 11.2. The number of ether oxygens (including phenoxy) is 1. The number of anilines is 1. The zero-order valence-corrected chi connectivity index (χ0v) is 14.2. The van der Waals surface area contributed by atoms with Gasteiger partial charge in [-0.3, -0.25) is 9.78 Å². The van der Waals surface area contributed by atoms with Gasteiger partial charge in [0, 0.05) is 17.4 Å². The van der Waals surface area contributed by atoms with Crippen LogP contribution in [0.1, 0.15) is 19.4 Å². The lowest BCUT2D eigenvalue weighted by Crippen LogP contribution is -2.26. The van der Waals surface area contributed by atoms with Gasteiger partial charge in [-0.25, -0.2) is 4.98 Å². The van der Waals surface area contributed by atoms with Gasteiger partial charge in [0.1, 0.15) is 5.75 Å². The molecule has 1 aliphatic heterocycles. The van der Waals surface area contributed by atoms with Crippen LogP contribution in [0.5, 0.6) is 5.75 Å². The van der Waals surface area contributed by atoms with E-state index in [1.54, 1.807) is 31.8 Å². The average Bonchev–Trinajstić information content (AvgIpc) is 3.18. The van der Waals surface area contributed by atoms with Gasteiger partial charge < -0.3 is 14.5 Å². The fourth-order valence-electron chi connectivity index (χ4n) is 3.00. The van der Waals surface area contributed by atoms with Crippen LogP contribution >= 0.6 is 0 Å². The minimum atomic E-state index is -0.523. The maximum atomic E-state index is 12.1. The number of amides is 1. The molecule has 1 N–H and O–H groups in total. The maximum absolute atomic E-state index is 12.1. The predicted octanol–water partition coefficient (Wildman–Crippen LogP) is 3.64. The van der Waals surface area contributed by atoms with Crippen LogP contribution in [-0.2, 0) is 10.2 Å². The molecule has 0 aliphatic carbocycles. The van der Waals surface area contributed by atoms with Crippen LogP contribution in [0.4, 0.5) is 5.69 Å². The van der Waals surface area contributed by atoms with Gasteiger partial charge in [-0.15, -0.1) is 0 Å². The quantitative estimate of drug-likeness (QED) is 0.790. The van der Waals surface area contributed by atoms with Crippen LogP contribution in [0, 0.1) is 0 Å². The molecule has 0 saturated carbocycles. The SMILES string of the molecule is COc1cnccc1-c1ncc(-c2ccc3c(c2)NC(=O)C3(C)C)o1. The van der Waals surface area contributed by atoms with E-state index in [-0.39, 0.29) is 5.91 Å². The molecule has 1 amide bonds. The van der Waals surface area contributed by atoms with E-state index in [0.717, 1.165) is 22.4 Å². The van der Waals surface area contributed by atoms with E-state index in [1.807, 2.05) is 32.0 Å². The van der Waals surface area contributed by atoms with Crippen molar-refractivity contribution in [2.24, 2.45) is 0 Å². The third kappa shape index (κ3) is 2.38. The average molecular weight is 335 g/mol. The van der Waals surface area contributed by atoms with Crippen LogP contribution < -0.4 is 10.1 Å². The summed E-state index contributed by atoms with van der Waals surface area (Å²) in [6, 6.07) is 7.60. The summed E-state index contributed by atoms with van der Waals surface area (Å²) in [5.74, 6) is 1.67. The first-order chi connectivity index (χ1) is 12.0. The Morgan fingerprint density at radius 2 is 2.04 bits per heavy atom. The summed E-state index contributed by atoms with van der Waals surface area (Å²) in [5, 5.41) is 2.93. The highest BCUT2D eigenvalue weighted by atomic mass is 16.5. The summed E-state index contributed by atoms with van der Waals surface area (Å²) in [6.07, 6.45) is 4.94. The number of nitrogens with one attached hydrogen (secondary N) is 1. The lowest BCUT2D eigenvalue weighted by molar-refractivity contribution is -0.119. The molecule has 126 valence electrons. The Balaban J connectivity index is 1.73. The van der Waals surface area contributed by atoms with Crippen molar-refractivity contribution in [3.8, 4) is 28.5 Å². The lowest BCUT2D eigenvalue weighted by atomic mass is 9.86. The predicted molar refractivity (Wildman–Crippen MR) is 93.4 cm³/mol. The molecule has 0 saturated heterocycles. The van der Waals surface area contributed by atoms with Gasteiger partial charge in [-0.1, -0.05) is 12.1 Å². The van der Waals surface area contributed by atoms with Gasteiger partial charge in [-0.2, -0.15) is 0 Å². The highest BCUT2D eigenvalue weighted by molar-refractivity contribution is 6.06. The van der Waals surface area contributed by atoms with Crippen LogP contribution in [0.25, 0.3) is 22.8 Å². The zero-order valence-electron chi connectivity index (χ0n) is 14.2. The van der Waals surface area contributed by atoms with Gasteiger partial charge in [-0.05, 0) is 31.5 Å². The van der Waals surface area contributed by atoms with E-state index in [0.29, 0.717) is 17.4 Å². The fourth-order valence-corrected chi connectivity index (χ4v) is 3.00. The van der Waals surface area contributed by atoms with Crippen molar-refractivity contribution in [2.75, 3.05) is 12.4 Å². The number of carbonyl (C=O) groups excluding carboxylic acids is 1. The molecule has 6 heteroatoms. The molecular weight excluding hydrogens is 318 g/mol. The monoisotopic (exact) mass is 335 g/mol. The van der Waals surface area contributed by atoms with Crippen molar-refractivity contribution in [3.63, 3.8) is 0 Å². The summed E-state index contributed by atoms with van der Waals surface area (Å²) in [7, 11) is 1.58. The smallest absolute Gasteiger partial charge is 0.234 e. The Morgan fingerprint density at radius 3 is 2.84 bits per heavy atom. The molecule has 0 bridgehead atoms. The van der Waals surface area contributed by atoms with Gasteiger partial charge >= 0.3 is 0 Å². The number of fused-ring (bicyclic) bond motifs is 1. The third-order valence-corrected chi connectivity index (χ3v) is 4.53. The number of benzene rings is 1. The molecule has 1 aliphatic rings. The number of hydrogen-bond acceptors (Lipinski definition) is 5. The number of aromatic nitrogens is 2. The molecule has 25 heavy (non-hydrogen) atoms. The van der Waals surface area contributed by atoms with E-state index < -0.39 is 5.41 Å². The first kappa shape index (κ1) is 15.4. The van der Waals surface area contributed by atoms with E-state index in [2.05, 4.69) is 15.3 Å². The van der Waals surface area contributed by atoms with Crippen molar-refractivity contribution < 1.29 is 13.9 Å². The van der Waals surface area contributed by atoms with Gasteiger partial charge in [0.25, 0.3) is 0 Å². The molecule has 0 unspecified atom stereocenters. The molecule has 3 heterocycles. The topological polar surface area (TPSA) is 77.3 Å². The number of carbonyl (C=O) groups is 1. The van der Waals surface area contributed by atoms with E-state index in [9.17, 15) is 4.79 Å². The molecule has 0 spiro atoms. The Morgan fingerprint density at radius 1 is 1.20 bits per heavy atom. The molecular formula is C19H17N3O3. The van der Waals surface area contributed by atoms with Crippen molar-refractivity contribution in [1.29, 1.82) is 0 Å². The molecule has 0 fully saturated rings. The summed E-state index contributed by atoms with van der Waals surface area (Å²) >= 11 is 0. The minimum Gasteiger partial charge on any atom is -0.494 e. The molecule has 0 atom stereocenters. The van der Waals surface area contributed by atoms with Gasteiger partial charge in [0.2, 0.25) is 11.8 Å². The second-order valence-electron chi connectivity index (χ2n) is 6.45. The Labute approximate surface area is 144 Å². The zero-order chi connectivity index (χ0) is 17.6. The van der Waals surface area contributed by atoms with Crippen molar-refractivity contribution >= 4 is 11.6 Å². The molecule has 2 aromatic heterocycles. The molecule has 4 rings (SSSR count). The molecule has 6 nitrogen and oxygen atoms in total. The number of hydrogen-bond donors (Lipinski definition) is 1. The van der Waals surface area contributed by atoms with Crippen LogP contribution in [-0.4, -0.2) is 23.0 Å². The minimum absolute atomic E-state index is 0.000527. The molecule has 0 radical (unpaired) electrons. The summed E-state index contributed by atoms with van der Waals surface area (Å²) in [5.41, 5.74) is 2.86. The normalized spacial score (nSPS) is 14.9. The highest BCUT2D eigenvalue weighted by Crippen LogP contribution is 2.40. The first-order valence-corrected chi connectivity index (χ1v) is 7.91. The van der Waals surface area contributed by atoms with Crippen LogP contribution in [0.2, 0.25) is 0 Å². The Kier molecular flexibility index (Phi) is 3.35. The third-order valence-electron chi connectivity index (χ3n) is 4.53. The van der Waals surface area contributed by atoms with E-state index >= 15 is 0 Å². The Bertz CT molecular complexity index is 976. The molecule has 1 aromatic carbocycles. The number of methoxy groups -OCH3 is 1. The van der Waals surface area contributed by atoms with Crippen molar-refractivity contribution in [1.82, 2.24) is 9.97 Å². The standard InChI is InChI=1S/C19H17N3O3/c1-19(2)13-5-4-11(8-14(13)22-18(19)23)15-10-21-17(25-15)12-6-7-20-9-16(12)24-3/h4-10H,1-3H3,(H,22,23). The van der Waals surface area contributed by atoms with E-state index in [4.69, 9.17) is 9.15 Å². The number of oxazole rings is 1. The Hall–Kier alpha value is -3.15.